The molecule has 0 bridgehead atoms. The molecule has 1 N–H and O–H groups in total. The van der Waals surface area contributed by atoms with E-state index in [1.165, 1.54) is 6.21 Å². The van der Waals surface area contributed by atoms with Crippen LogP contribution in [-0.2, 0) is 4.74 Å². The predicted molar refractivity (Wildman–Crippen MR) is 120 cm³/mol. The van der Waals surface area contributed by atoms with Gasteiger partial charge in [-0.15, -0.1) is 0 Å². The van der Waals surface area contributed by atoms with E-state index in [2.05, 4.69) is 10.5 Å². The molecule has 0 unspecified atom stereocenters. The second kappa shape index (κ2) is 11.0. The molecule has 0 aliphatic heterocycles. The second-order valence-electron chi connectivity index (χ2n) is 8.43. The van der Waals surface area contributed by atoms with Gasteiger partial charge in [-0.1, -0.05) is 0 Å². The van der Waals surface area contributed by atoms with Crippen molar-refractivity contribution in [3.63, 3.8) is 0 Å². The quantitative estimate of drug-likeness (QED) is 0.486. The van der Waals surface area contributed by atoms with Gasteiger partial charge in [0.2, 0.25) is 0 Å². The first-order chi connectivity index (χ1) is 14.7. The summed E-state index contributed by atoms with van der Waals surface area (Å²) in [6, 6.07) is 3.44. The standard InChI is InChI=1S/C23H35N3O5/c1-7-26(8-2)21(27)17-13-14-19(29-6)20(30-16-11-9-10-12-16)18(17)15-24-25-22(28)31-23(3,4)5/h13-16H,7-12H2,1-6H3,(H,25,28). The third kappa shape index (κ3) is 6.87. The number of carbonyl (C=O) groups is 2. The van der Waals surface area contributed by atoms with Crippen molar-refractivity contribution in [1.82, 2.24) is 10.3 Å². The molecule has 1 saturated carbocycles. The van der Waals surface area contributed by atoms with E-state index < -0.39 is 11.7 Å². The van der Waals surface area contributed by atoms with Crippen molar-refractivity contribution >= 4 is 18.2 Å². The Balaban J connectivity index is 2.43. The first-order valence-electron chi connectivity index (χ1n) is 10.9. The SMILES string of the molecule is CCN(CC)C(=O)c1ccc(OC)c(OC2CCCC2)c1C=NNC(=O)OC(C)(C)C. The number of nitrogens with one attached hydrogen (secondary N) is 1. The van der Waals surface area contributed by atoms with Gasteiger partial charge in [0.1, 0.15) is 5.60 Å². The fourth-order valence-electron chi connectivity index (χ4n) is 3.48. The molecule has 0 atom stereocenters. The lowest BCUT2D eigenvalue weighted by atomic mass is 10.0. The largest absolute Gasteiger partial charge is 0.493 e. The number of amides is 2. The molecule has 2 rings (SSSR count). The Morgan fingerprint density at radius 2 is 1.84 bits per heavy atom. The highest BCUT2D eigenvalue weighted by atomic mass is 16.6. The molecule has 172 valence electrons. The molecule has 0 spiro atoms. The van der Waals surface area contributed by atoms with Gasteiger partial charge in [-0.2, -0.15) is 5.10 Å². The molecule has 8 heteroatoms. The average Bonchev–Trinajstić information content (AvgIpc) is 3.21. The minimum atomic E-state index is -0.679. The zero-order valence-corrected chi connectivity index (χ0v) is 19.5. The zero-order valence-electron chi connectivity index (χ0n) is 19.5. The highest BCUT2D eigenvalue weighted by Gasteiger charge is 2.25. The van der Waals surface area contributed by atoms with Crippen molar-refractivity contribution in [3.05, 3.63) is 23.3 Å². The topological polar surface area (TPSA) is 89.5 Å². The fraction of sp³-hybridized carbons (Fsp3) is 0.609. The lowest BCUT2D eigenvalue weighted by molar-refractivity contribution is 0.0529. The number of hydrogen-bond donors (Lipinski definition) is 1. The van der Waals surface area contributed by atoms with Crippen LogP contribution in [0, 0.1) is 0 Å². The Kier molecular flexibility index (Phi) is 8.71. The number of rotatable bonds is 8. The third-order valence-corrected chi connectivity index (χ3v) is 5.00. The van der Waals surface area contributed by atoms with Gasteiger partial charge in [0.05, 0.1) is 30.6 Å². The maximum atomic E-state index is 13.2. The molecular weight excluding hydrogens is 398 g/mol. The Morgan fingerprint density at radius 1 is 1.19 bits per heavy atom. The molecule has 1 aliphatic rings. The van der Waals surface area contributed by atoms with Crippen molar-refractivity contribution in [2.75, 3.05) is 20.2 Å². The highest BCUT2D eigenvalue weighted by Crippen LogP contribution is 2.36. The first kappa shape index (κ1) is 24.5. The van der Waals surface area contributed by atoms with E-state index in [9.17, 15) is 9.59 Å². The Hall–Kier alpha value is -2.77. The van der Waals surface area contributed by atoms with Gasteiger partial charge in [-0.05, 0) is 72.4 Å². The zero-order chi connectivity index (χ0) is 23.0. The van der Waals surface area contributed by atoms with Crippen molar-refractivity contribution in [1.29, 1.82) is 0 Å². The molecular formula is C23H35N3O5. The molecule has 0 radical (unpaired) electrons. The molecule has 1 aromatic carbocycles. The molecule has 0 aromatic heterocycles. The summed E-state index contributed by atoms with van der Waals surface area (Å²) < 4.78 is 17.0. The van der Waals surface area contributed by atoms with Gasteiger partial charge in [0.15, 0.2) is 11.5 Å². The van der Waals surface area contributed by atoms with Crippen LogP contribution in [0.25, 0.3) is 0 Å². The van der Waals surface area contributed by atoms with E-state index >= 15 is 0 Å². The minimum Gasteiger partial charge on any atom is -0.493 e. The monoisotopic (exact) mass is 433 g/mol. The maximum Gasteiger partial charge on any atom is 0.428 e. The minimum absolute atomic E-state index is 0.0543. The fourth-order valence-corrected chi connectivity index (χ4v) is 3.48. The van der Waals surface area contributed by atoms with Gasteiger partial charge >= 0.3 is 6.09 Å². The predicted octanol–water partition coefficient (Wildman–Crippen LogP) is 4.36. The van der Waals surface area contributed by atoms with Crippen LogP contribution in [-0.4, -0.2) is 55.0 Å². The molecule has 1 aliphatic carbocycles. The third-order valence-electron chi connectivity index (χ3n) is 5.00. The van der Waals surface area contributed by atoms with Crippen LogP contribution in [0.4, 0.5) is 4.79 Å². The second-order valence-corrected chi connectivity index (χ2v) is 8.43. The van der Waals surface area contributed by atoms with Crippen molar-refractivity contribution in [2.24, 2.45) is 5.10 Å². The maximum absolute atomic E-state index is 13.2. The van der Waals surface area contributed by atoms with E-state index in [4.69, 9.17) is 14.2 Å². The molecule has 31 heavy (non-hydrogen) atoms. The lowest BCUT2D eigenvalue weighted by Crippen LogP contribution is -2.32. The van der Waals surface area contributed by atoms with Crippen LogP contribution in [0.1, 0.15) is 76.2 Å². The van der Waals surface area contributed by atoms with Crippen LogP contribution in [0.5, 0.6) is 11.5 Å². The summed E-state index contributed by atoms with van der Waals surface area (Å²) >= 11 is 0. The van der Waals surface area contributed by atoms with Crippen molar-refractivity contribution in [3.8, 4) is 11.5 Å². The van der Waals surface area contributed by atoms with E-state index in [0.29, 0.717) is 35.7 Å². The molecule has 0 saturated heterocycles. The van der Waals surface area contributed by atoms with Crippen molar-refractivity contribution in [2.45, 2.75) is 72.0 Å². The Labute approximate surface area is 184 Å². The van der Waals surface area contributed by atoms with E-state index in [1.807, 2.05) is 13.8 Å². The number of methoxy groups -OCH3 is 1. The summed E-state index contributed by atoms with van der Waals surface area (Å²) in [5, 5.41) is 4.03. The molecule has 2 amide bonds. The van der Waals surface area contributed by atoms with Gasteiger partial charge in [-0.3, -0.25) is 4.79 Å². The van der Waals surface area contributed by atoms with Gasteiger partial charge < -0.3 is 19.1 Å². The van der Waals surface area contributed by atoms with Crippen LogP contribution in [0.15, 0.2) is 17.2 Å². The Morgan fingerprint density at radius 3 is 2.39 bits per heavy atom. The van der Waals surface area contributed by atoms with E-state index in [-0.39, 0.29) is 12.0 Å². The summed E-state index contributed by atoms with van der Waals surface area (Å²) in [7, 11) is 1.56. The number of hydrazone groups is 1. The van der Waals surface area contributed by atoms with Crippen LogP contribution >= 0.6 is 0 Å². The molecule has 1 fully saturated rings. The summed E-state index contributed by atoms with van der Waals surface area (Å²) in [5.74, 6) is 0.839. The number of carbonyl (C=O) groups excluding carboxylic acids is 2. The molecule has 8 nitrogen and oxygen atoms in total. The average molecular weight is 434 g/mol. The van der Waals surface area contributed by atoms with Crippen molar-refractivity contribution < 1.29 is 23.8 Å². The summed E-state index contributed by atoms with van der Waals surface area (Å²) in [5.41, 5.74) is 2.62. The Bertz CT molecular complexity index is 791. The molecule has 0 heterocycles. The van der Waals surface area contributed by atoms with Gasteiger partial charge in [0.25, 0.3) is 5.91 Å². The van der Waals surface area contributed by atoms with Gasteiger partial charge in [0, 0.05) is 13.1 Å². The van der Waals surface area contributed by atoms with Crippen LogP contribution in [0.2, 0.25) is 0 Å². The summed E-state index contributed by atoms with van der Waals surface area (Å²) in [4.78, 5) is 26.9. The first-order valence-corrected chi connectivity index (χ1v) is 10.9. The highest BCUT2D eigenvalue weighted by molar-refractivity contribution is 6.04. The molecule has 1 aromatic rings. The summed E-state index contributed by atoms with van der Waals surface area (Å²) in [6.07, 6.45) is 4.91. The number of benzene rings is 1. The number of hydrogen-bond acceptors (Lipinski definition) is 6. The number of nitrogens with zero attached hydrogens (tertiary/aromatic N) is 2. The summed E-state index contributed by atoms with van der Waals surface area (Å²) in [6.45, 7) is 10.3. The van der Waals surface area contributed by atoms with Crippen LogP contribution in [0.3, 0.4) is 0 Å². The van der Waals surface area contributed by atoms with E-state index in [1.54, 1.807) is 44.9 Å². The normalized spacial score (nSPS) is 14.5. The smallest absolute Gasteiger partial charge is 0.428 e. The van der Waals surface area contributed by atoms with Gasteiger partial charge in [-0.25, -0.2) is 10.2 Å². The lowest BCUT2D eigenvalue weighted by Gasteiger charge is -2.23. The van der Waals surface area contributed by atoms with Crippen LogP contribution < -0.4 is 14.9 Å². The van der Waals surface area contributed by atoms with E-state index in [0.717, 1.165) is 25.7 Å². The number of ether oxygens (including phenoxy) is 3.